The van der Waals surface area contributed by atoms with Gasteiger partial charge in [-0.15, -0.1) is 0 Å². The fourth-order valence-corrected chi connectivity index (χ4v) is 6.28. The van der Waals surface area contributed by atoms with Gasteiger partial charge in [0.05, 0.1) is 36.8 Å². The number of fused-ring (bicyclic) bond motifs is 1. The number of hydrogen-bond acceptors (Lipinski definition) is 5. The van der Waals surface area contributed by atoms with E-state index in [1.165, 1.54) is 13.2 Å². The molecule has 0 radical (unpaired) electrons. The molecular formula is C29H26ClFN4O4. The van der Waals surface area contributed by atoms with Crippen LogP contribution in [0, 0.1) is 17.2 Å². The third kappa shape index (κ3) is 4.71. The maximum absolute atomic E-state index is 15.2. The number of aliphatic carboxylic acids is 1. The molecule has 8 nitrogen and oxygen atoms in total. The lowest BCUT2D eigenvalue weighted by molar-refractivity contribution is -0.155. The lowest BCUT2D eigenvalue weighted by Crippen LogP contribution is -2.57. The molecule has 2 aliphatic carbocycles. The molecule has 2 fully saturated rings. The number of rotatable bonds is 7. The lowest BCUT2D eigenvalue weighted by Gasteiger charge is -2.56. The second kappa shape index (κ2) is 9.64. The van der Waals surface area contributed by atoms with Crippen LogP contribution in [0.4, 0.5) is 4.39 Å². The molecule has 2 saturated carbocycles. The zero-order chi connectivity index (χ0) is 27.3. The average Bonchev–Trinajstić information content (AvgIpc) is 3.27. The van der Waals surface area contributed by atoms with Gasteiger partial charge in [-0.2, -0.15) is 5.10 Å². The third-order valence-corrected chi connectivity index (χ3v) is 8.21. The van der Waals surface area contributed by atoms with E-state index >= 15 is 4.39 Å². The van der Waals surface area contributed by atoms with Gasteiger partial charge in [0.1, 0.15) is 5.82 Å². The van der Waals surface area contributed by atoms with Gasteiger partial charge in [-0.05, 0) is 66.5 Å². The lowest BCUT2D eigenvalue weighted by atomic mass is 9.50. The summed E-state index contributed by atoms with van der Waals surface area (Å²) in [5.74, 6) is -1.25. The Kier molecular flexibility index (Phi) is 6.26. The van der Waals surface area contributed by atoms with Crippen molar-refractivity contribution < 1.29 is 23.8 Å². The standard InChI is InChI=1S/C29H26ClFN4O4/c1-39-25-8-17(4-5-32-25)16-2-3-18(24(31)7-16)15-35-26-19(14-33-35)6-21(30)9-23(26)27(36)34-22-12-29(13-22)10-20(11-29)28(37)38/h2-9,14,20,22H,10-13,15H2,1H3,(H,34,36)(H,37,38). The molecule has 0 saturated heterocycles. The molecule has 6 rings (SSSR count). The van der Waals surface area contributed by atoms with Crippen molar-refractivity contribution in [3.63, 3.8) is 0 Å². The van der Waals surface area contributed by atoms with Crippen molar-refractivity contribution in [1.29, 1.82) is 0 Å². The van der Waals surface area contributed by atoms with E-state index in [0.717, 1.165) is 18.4 Å². The first kappa shape index (κ1) is 25.3. The maximum atomic E-state index is 15.2. The summed E-state index contributed by atoms with van der Waals surface area (Å²) in [7, 11) is 1.53. The van der Waals surface area contributed by atoms with E-state index in [2.05, 4.69) is 15.4 Å². The number of pyridine rings is 1. The largest absolute Gasteiger partial charge is 0.481 e. The third-order valence-electron chi connectivity index (χ3n) is 8.00. The second-order valence-corrected chi connectivity index (χ2v) is 11.0. The van der Waals surface area contributed by atoms with Crippen LogP contribution in [-0.2, 0) is 11.3 Å². The number of amides is 1. The highest BCUT2D eigenvalue weighted by atomic mass is 35.5. The van der Waals surface area contributed by atoms with Crippen molar-refractivity contribution in [3.8, 4) is 17.0 Å². The molecule has 0 bridgehead atoms. The Hall–Kier alpha value is -3.98. The van der Waals surface area contributed by atoms with Crippen molar-refractivity contribution in [2.24, 2.45) is 11.3 Å². The topological polar surface area (TPSA) is 106 Å². The van der Waals surface area contributed by atoms with Gasteiger partial charge in [0.2, 0.25) is 5.88 Å². The Morgan fingerprint density at radius 3 is 2.64 bits per heavy atom. The summed E-state index contributed by atoms with van der Waals surface area (Å²) in [5, 5.41) is 17.8. The number of methoxy groups -OCH3 is 1. The van der Waals surface area contributed by atoms with Gasteiger partial charge < -0.3 is 15.2 Å². The second-order valence-electron chi connectivity index (χ2n) is 10.6. The summed E-state index contributed by atoms with van der Waals surface area (Å²) in [5.41, 5.74) is 2.87. The van der Waals surface area contributed by atoms with Crippen LogP contribution in [0.15, 0.2) is 54.9 Å². The predicted molar refractivity (Wildman–Crippen MR) is 143 cm³/mol. The molecular weight excluding hydrogens is 523 g/mol. The summed E-state index contributed by atoms with van der Waals surface area (Å²) in [6, 6.07) is 11.8. The Labute approximate surface area is 228 Å². The Balaban J connectivity index is 1.22. The Bertz CT molecular complexity index is 1610. The number of ether oxygens (including phenoxy) is 1. The van der Waals surface area contributed by atoms with Gasteiger partial charge >= 0.3 is 5.97 Å². The number of nitrogens with one attached hydrogen (secondary N) is 1. The monoisotopic (exact) mass is 548 g/mol. The van der Waals surface area contributed by atoms with Crippen molar-refractivity contribution in [2.45, 2.75) is 38.3 Å². The van der Waals surface area contributed by atoms with E-state index in [1.54, 1.807) is 47.4 Å². The Morgan fingerprint density at radius 1 is 1.15 bits per heavy atom. The molecule has 1 amide bonds. The van der Waals surface area contributed by atoms with Crippen molar-refractivity contribution in [2.75, 3.05) is 7.11 Å². The highest BCUT2D eigenvalue weighted by Crippen LogP contribution is 2.58. The summed E-state index contributed by atoms with van der Waals surface area (Å²) in [4.78, 5) is 28.6. The minimum Gasteiger partial charge on any atom is -0.481 e. The van der Waals surface area contributed by atoms with Crippen LogP contribution in [0.1, 0.15) is 41.6 Å². The maximum Gasteiger partial charge on any atom is 0.306 e. The SMILES string of the molecule is COc1cc(-c2ccc(Cn3ncc4cc(Cl)cc(C(=O)NC5CC6(C5)CC(C(=O)O)C6)c43)c(F)c2)ccn1. The van der Waals surface area contributed by atoms with Crippen LogP contribution in [-0.4, -0.2) is 44.9 Å². The van der Waals surface area contributed by atoms with Gasteiger partial charge in [-0.1, -0.05) is 23.7 Å². The number of aromatic nitrogens is 3. The van der Waals surface area contributed by atoms with Crippen LogP contribution in [0.25, 0.3) is 22.0 Å². The Morgan fingerprint density at radius 2 is 1.92 bits per heavy atom. The van der Waals surface area contributed by atoms with Crippen molar-refractivity contribution in [3.05, 3.63) is 76.8 Å². The zero-order valence-electron chi connectivity index (χ0n) is 21.2. The number of hydrogen-bond donors (Lipinski definition) is 2. The summed E-state index contributed by atoms with van der Waals surface area (Å²) in [6.07, 6.45) is 6.10. The summed E-state index contributed by atoms with van der Waals surface area (Å²) < 4.78 is 22.0. The van der Waals surface area contributed by atoms with E-state index in [0.29, 0.717) is 51.3 Å². The van der Waals surface area contributed by atoms with Crippen LogP contribution < -0.4 is 10.1 Å². The van der Waals surface area contributed by atoms with Crippen molar-refractivity contribution >= 4 is 34.4 Å². The first-order chi connectivity index (χ1) is 18.7. The summed E-state index contributed by atoms with van der Waals surface area (Å²) in [6.45, 7) is 0.125. The fraction of sp³-hybridized carbons (Fsp3) is 0.310. The van der Waals surface area contributed by atoms with Crippen LogP contribution in [0.2, 0.25) is 5.02 Å². The number of carboxylic acids is 1. The molecule has 4 aromatic rings. The number of benzene rings is 2. The first-order valence-corrected chi connectivity index (χ1v) is 13.1. The predicted octanol–water partition coefficient (Wildman–Crippen LogP) is 5.32. The van der Waals surface area contributed by atoms with E-state index in [-0.39, 0.29) is 29.8 Å². The molecule has 2 N–H and O–H groups in total. The normalized spacial score (nSPS) is 21.8. The van der Waals surface area contributed by atoms with E-state index < -0.39 is 11.8 Å². The van der Waals surface area contributed by atoms with Gasteiger partial charge in [0.15, 0.2) is 0 Å². The molecule has 0 aliphatic heterocycles. The summed E-state index contributed by atoms with van der Waals surface area (Å²) >= 11 is 6.32. The minimum absolute atomic E-state index is 0.0190. The molecule has 2 aliphatic rings. The molecule has 2 aromatic heterocycles. The first-order valence-electron chi connectivity index (χ1n) is 12.7. The minimum atomic E-state index is -0.744. The van der Waals surface area contributed by atoms with Crippen LogP contribution in [0.5, 0.6) is 5.88 Å². The molecule has 0 unspecified atom stereocenters. The molecule has 2 aromatic carbocycles. The molecule has 0 atom stereocenters. The molecule has 39 heavy (non-hydrogen) atoms. The average molecular weight is 549 g/mol. The van der Waals surface area contributed by atoms with Gasteiger partial charge in [0.25, 0.3) is 5.91 Å². The van der Waals surface area contributed by atoms with Gasteiger partial charge in [-0.3, -0.25) is 14.3 Å². The molecule has 2 heterocycles. The number of carbonyl (C=O) groups excluding carboxylic acids is 1. The number of carboxylic acid groups (broad SMARTS) is 1. The van der Waals surface area contributed by atoms with Gasteiger partial charge in [0, 0.05) is 34.3 Å². The molecule has 10 heteroatoms. The van der Waals surface area contributed by atoms with Crippen LogP contribution >= 0.6 is 11.6 Å². The molecule has 200 valence electrons. The van der Waals surface area contributed by atoms with E-state index in [4.69, 9.17) is 21.4 Å². The zero-order valence-corrected chi connectivity index (χ0v) is 21.9. The number of nitrogens with zero attached hydrogens (tertiary/aromatic N) is 3. The fourth-order valence-electron chi connectivity index (χ4n) is 6.05. The van der Waals surface area contributed by atoms with E-state index in [9.17, 15) is 9.59 Å². The quantitative estimate of drug-likeness (QED) is 0.324. The smallest absolute Gasteiger partial charge is 0.306 e. The molecule has 1 spiro atoms. The number of carbonyl (C=O) groups is 2. The van der Waals surface area contributed by atoms with Gasteiger partial charge in [-0.25, -0.2) is 9.37 Å². The van der Waals surface area contributed by atoms with E-state index in [1.807, 2.05) is 6.07 Å². The highest BCUT2D eigenvalue weighted by molar-refractivity contribution is 6.32. The van der Waals surface area contributed by atoms with Crippen molar-refractivity contribution in [1.82, 2.24) is 20.1 Å². The number of halogens is 2. The highest BCUT2D eigenvalue weighted by Gasteiger charge is 2.55. The van der Waals surface area contributed by atoms with Crippen LogP contribution in [0.3, 0.4) is 0 Å².